The predicted molar refractivity (Wildman–Crippen MR) is 78.9 cm³/mol. The SMILES string of the molecule is COc1cc(/C=C2\COc3ccccc3C2=O)ccc1O. The van der Waals surface area contributed by atoms with Gasteiger partial charge in [-0.05, 0) is 35.9 Å². The normalized spacial score (nSPS) is 15.5. The highest BCUT2D eigenvalue weighted by Crippen LogP contribution is 2.30. The van der Waals surface area contributed by atoms with Gasteiger partial charge in [-0.3, -0.25) is 4.79 Å². The van der Waals surface area contributed by atoms with E-state index in [2.05, 4.69) is 0 Å². The van der Waals surface area contributed by atoms with Crippen LogP contribution in [-0.4, -0.2) is 24.6 Å². The molecule has 1 aliphatic heterocycles. The molecule has 1 N–H and O–H groups in total. The van der Waals surface area contributed by atoms with E-state index in [-0.39, 0.29) is 18.1 Å². The van der Waals surface area contributed by atoms with E-state index in [1.54, 1.807) is 30.3 Å². The van der Waals surface area contributed by atoms with Gasteiger partial charge in [0, 0.05) is 5.57 Å². The number of hydrogen-bond donors (Lipinski definition) is 1. The Balaban J connectivity index is 1.96. The number of Topliss-reactive ketones (excluding diaryl/α,β-unsaturated/α-hetero) is 1. The van der Waals surface area contributed by atoms with Crippen LogP contribution in [0.15, 0.2) is 48.0 Å². The zero-order chi connectivity index (χ0) is 14.8. The van der Waals surface area contributed by atoms with Crippen LogP contribution in [0.3, 0.4) is 0 Å². The second-order valence-electron chi connectivity index (χ2n) is 4.71. The van der Waals surface area contributed by atoms with Crippen molar-refractivity contribution in [1.29, 1.82) is 0 Å². The van der Waals surface area contributed by atoms with Gasteiger partial charge in [0.25, 0.3) is 0 Å². The number of rotatable bonds is 2. The number of para-hydroxylation sites is 1. The summed E-state index contributed by atoms with van der Waals surface area (Å²) in [5, 5.41) is 9.59. The largest absolute Gasteiger partial charge is 0.504 e. The molecule has 0 aromatic heterocycles. The molecule has 0 bridgehead atoms. The molecule has 1 heterocycles. The van der Waals surface area contributed by atoms with Crippen molar-refractivity contribution in [2.45, 2.75) is 0 Å². The number of phenolic OH excluding ortho intramolecular Hbond substituents is 1. The summed E-state index contributed by atoms with van der Waals surface area (Å²) in [6.07, 6.45) is 1.75. The van der Waals surface area contributed by atoms with Crippen molar-refractivity contribution in [2.75, 3.05) is 13.7 Å². The van der Waals surface area contributed by atoms with E-state index in [4.69, 9.17) is 9.47 Å². The highest BCUT2D eigenvalue weighted by atomic mass is 16.5. The molecule has 106 valence electrons. The van der Waals surface area contributed by atoms with Gasteiger partial charge in [0.2, 0.25) is 0 Å². The van der Waals surface area contributed by atoms with Crippen LogP contribution in [0.25, 0.3) is 6.08 Å². The molecule has 1 aliphatic rings. The summed E-state index contributed by atoms with van der Waals surface area (Å²) in [6, 6.07) is 12.1. The van der Waals surface area contributed by atoms with E-state index < -0.39 is 0 Å². The fourth-order valence-corrected chi connectivity index (χ4v) is 2.27. The topological polar surface area (TPSA) is 55.8 Å². The van der Waals surface area contributed by atoms with Crippen molar-refractivity contribution >= 4 is 11.9 Å². The number of aromatic hydroxyl groups is 1. The average Bonchev–Trinajstić information content (AvgIpc) is 2.52. The van der Waals surface area contributed by atoms with Crippen LogP contribution in [0.5, 0.6) is 17.2 Å². The Kier molecular flexibility index (Phi) is 3.36. The van der Waals surface area contributed by atoms with Gasteiger partial charge in [-0.25, -0.2) is 0 Å². The molecule has 2 aromatic rings. The summed E-state index contributed by atoms with van der Waals surface area (Å²) in [7, 11) is 1.48. The minimum Gasteiger partial charge on any atom is -0.504 e. The first-order chi connectivity index (χ1) is 10.2. The number of ether oxygens (including phenoxy) is 2. The first-order valence-electron chi connectivity index (χ1n) is 6.53. The molecule has 0 amide bonds. The Morgan fingerprint density at radius 1 is 1.24 bits per heavy atom. The lowest BCUT2D eigenvalue weighted by molar-refractivity contribution is 0.100. The van der Waals surface area contributed by atoms with Crippen LogP contribution >= 0.6 is 0 Å². The van der Waals surface area contributed by atoms with Crippen molar-refractivity contribution in [2.24, 2.45) is 0 Å². The van der Waals surface area contributed by atoms with Gasteiger partial charge < -0.3 is 14.6 Å². The van der Waals surface area contributed by atoms with Gasteiger partial charge in [-0.2, -0.15) is 0 Å². The molecule has 4 heteroatoms. The van der Waals surface area contributed by atoms with Crippen LogP contribution in [-0.2, 0) is 0 Å². The summed E-state index contributed by atoms with van der Waals surface area (Å²) in [6.45, 7) is 0.235. The maximum atomic E-state index is 12.4. The van der Waals surface area contributed by atoms with E-state index in [0.29, 0.717) is 22.6 Å². The van der Waals surface area contributed by atoms with E-state index in [0.717, 1.165) is 5.56 Å². The smallest absolute Gasteiger partial charge is 0.196 e. The molecule has 0 radical (unpaired) electrons. The van der Waals surface area contributed by atoms with Gasteiger partial charge in [0.1, 0.15) is 12.4 Å². The average molecular weight is 282 g/mol. The molecular formula is C17H14O4. The van der Waals surface area contributed by atoms with E-state index in [9.17, 15) is 9.90 Å². The number of benzene rings is 2. The van der Waals surface area contributed by atoms with Crippen LogP contribution in [0.1, 0.15) is 15.9 Å². The van der Waals surface area contributed by atoms with Crippen molar-refractivity contribution in [3.63, 3.8) is 0 Å². The van der Waals surface area contributed by atoms with Crippen LogP contribution in [0.2, 0.25) is 0 Å². The lowest BCUT2D eigenvalue weighted by Gasteiger charge is -2.18. The highest BCUT2D eigenvalue weighted by Gasteiger charge is 2.22. The van der Waals surface area contributed by atoms with Crippen molar-refractivity contribution in [1.82, 2.24) is 0 Å². The molecule has 0 saturated carbocycles. The zero-order valence-corrected chi connectivity index (χ0v) is 11.5. The molecule has 2 aromatic carbocycles. The number of carbonyl (C=O) groups is 1. The monoisotopic (exact) mass is 282 g/mol. The molecule has 3 rings (SSSR count). The minimum atomic E-state index is -0.0381. The van der Waals surface area contributed by atoms with E-state index >= 15 is 0 Å². The maximum absolute atomic E-state index is 12.4. The van der Waals surface area contributed by atoms with E-state index in [1.807, 2.05) is 12.1 Å². The number of fused-ring (bicyclic) bond motifs is 1. The number of ketones is 1. The van der Waals surface area contributed by atoms with Gasteiger partial charge in [-0.1, -0.05) is 18.2 Å². The second kappa shape index (κ2) is 5.32. The molecule has 0 unspecified atom stereocenters. The summed E-state index contributed by atoms with van der Waals surface area (Å²) < 4.78 is 10.7. The van der Waals surface area contributed by atoms with Gasteiger partial charge in [0.15, 0.2) is 17.3 Å². The fraction of sp³-hybridized carbons (Fsp3) is 0.118. The van der Waals surface area contributed by atoms with Crippen LogP contribution in [0, 0.1) is 0 Å². The molecule has 0 atom stereocenters. The number of carbonyl (C=O) groups excluding carboxylic acids is 1. The second-order valence-corrected chi connectivity index (χ2v) is 4.71. The van der Waals surface area contributed by atoms with E-state index in [1.165, 1.54) is 13.2 Å². The summed E-state index contributed by atoms with van der Waals surface area (Å²) >= 11 is 0. The molecule has 0 fully saturated rings. The zero-order valence-electron chi connectivity index (χ0n) is 11.5. The third-order valence-electron chi connectivity index (χ3n) is 3.35. The van der Waals surface area contributed by atoms with Gasteiger partial charge in [0.05, 0.1) is 12.7 Å². The quantitative estimate of drug-likeness (QED) is 0.860. The Morgan fingerprint density at radius 3 is 2.86 bits per heavy atom. The third kappa shape index (κ3) is 2.48. The first kappa shape index (κ1) is 13.2. The third-order valence-corrected chi connectivity index (χ3v) is 3.35. The lowest BCUT2D eigenvalue weighted by Crippen LogP contribution is -2.18. The summed E-state index contributed by atoms with van der Waals surface area (Å²) in [5.74, 6) is 1.01. The fourth-order valence-electron chi connectivity index (χ4n) is 2.27. The lowest BCUT2D eigenvalue weighted by atomic mass is 9.98. The Bertz CT molecular complexity index is 731. The number of methoxy groups -OCH3 is 1. The van der Waals surface area contributed by atoms with Crippen LogP contribution in [0.4, 0.5) is 0 Å². The van der Waals surface area contributed by atoms with Crippen molar-refractivity contribution in [3.8, 4) is 17.2 Å². The van der Waals surface area contributed by atoms with Gasteiger partial charge >= 0.3 is 0 Å². The Morgan fingerprint density at radius 2 is 2.05 bits per heavy atom. The molecule has 0 saturated heterocycles. The highest BCUT2D eigenvalue weighted by molar-refractivity contribution is 6.14. The minimum absolute atomic E-state index is 0.0381. The number of phenols is 1. The first-order valence-corrected chi connectivity index (χ1v) is 6.53. The van der Waals surface area contributed by atoms with Crippen molar-refractivity contribution in [3.05, 3.63) is 59.2 Å². The summed E-state index contributed by atoms with van der Waals surface area (Å²) in [5.41, 5.74) is 1.91. The molecule has 0 spiro atoms. The van der Waals surface area contributed by atoms with Crippen molar-refractivity contribution < 1.29 is 19.4 Å². The predicted octanol–water partition coefficient (Wildman–Crippen LogP) is 3.06. The standard InChI is InChI=1S/C17H14O4/c1-20-16-9-11(6-7-14(16)18)8-12-10-21-15-5-3-2-4-13(15)17(12)19/h2-9,18H,10H2,1H3/b12-8+. The summed E-state index contributed by atoms with van der Waals surface area (Å²) in [4.78, 5) is 12.4. The molecule has 21 heavy (non-hydrogen) atoms. The number of hydrogen-bond acceptors (Lipinski definition) is 4. The molecule has 4 nitrogen and oxygen atoms in total. The van der Waals surface area contributed by atoms with Crippen LogP contribution < -0.4 is 9.47 Å². The maximum Gasteiger partial charge on any atom is 0.196 e. The Hall–Kier alpha value is -2.75. The molecule has 0 aliphatic carbocycles. The van der Waals surface area contributed by atoms with Gasteiger partial charge in [-0.15, -0.1) is 0 Å². The molecular weight excluding hydrogens is 268 g/mol. The Labute approximate surface area is 122 Å².